The van der Waals surface area contributed by atoms with Gasteiger partial charge in [0, 0.05) is 10.9 Å². The molecule has 1 rings (SSSR count). The van der Waals surface area contributed by atoms with Gasteiger partial charge in [-0.2, -0.15) is 0 Å². The van der Waals surface area contributed by atoms with Gasteiger partial charge in [0.15, 0.2) is 0 Å². The van der Waals surface area contributed by atoms with Crippen molar-refractivity contribution in [3.8, 4) is 0 Å². The minimum absolute atomic E-state index is 0.113. The molecule has 5 heteroatoms. The Balaban J connectivity index is 2.25. The Morgan fingerprint density at radius 1 is 0.967 bits per heavy atom. The van der Waals surface area contributed by atoms with Gasteiger partial charge in [0.1, 0.15) is 6.10 Å². The van der Waals surface area contributed by atoms with E-state index in [1.165, 1.54) is 32.8 Å². The van der Waals surface area contributed by atoms with Gasteiger partial charge in [0.2, 0.25) is 0 Å². The number of carbonyl (C=O) groups excluding carboxylic acids is 2. The van der Waals surface area contributed by atoms with Crippen LogP contribution >= 0.6 is 15.9 Å². The van der Waals surface area contributed by atoms with Crippen LogP contribution in [0.25, 0.3) is 0 Å². The lowest BCUT2D eigenvalue weighted by Crippen LogP contribution is -2.16. The first-order chi connectivity index (χ1) is 14.6. The molecule has 0 heterocycles. The van der Waals surface area contributed by atoms with Crippen LogP contribution in [-0.4, -0.2) is 25.2 Å². The standard InChI is InChI=1S/C25H37BrO4/c1-3-4-11-14-23(30-25(28)21-17-19-22(26)20-18-21)15-12-9-7-5-6-8-10-13-16-24(27)29-2/h11,14,17-20,23H,3-10,12-13,15-16H2,1-2H3/b14-11-/t23-/m0/s1. The van der Waals surface area contributed by atoms with Crippen LogP contribution in [0.5, 0.6) is 0 Å². The van der Waals surface area contributed by atoms with E-state index in [1.807, 2.05) is 18.2 Å². The molecule has 0 N–H and O–H groups in total. The first-order valence-electron chi connectivity index (χ1n) is 11.3. The lowest BCUT2D eigenvalue weighted by Gasteiger charge is -2.15. The fourth-order valence-electron chi connectivity index (χ4n) is 3.18. The molecule has 0 aliphatic carbocycles. The summed E-state index contributed by atoms with van der Waals surface area (Å²) in [4.78, 5) is 23.5. The average molecular weight is 481 g/mol. The number of esters is 2. The smallest absolute Gasteiger partial charge is 0.338 e. The minimum atomic E-state index is -0.263. The van der Waals surface area contributed by atoms with E-state index in [1.54, 1.807) is 12.1 Å². The molecule has 0 aliphatic rings. The van der Waals surface area contributed by atoms with Gasteiger partial charge >= 0.3 is 11.9 Å². The van der Waals surface area contributed by atoms with E-state index in [9.17, 15) is 9.59 Å². The molecule has 1 aromatic rings. The maximum absolute atomic E-state index is 12.4. The number of benzene rings is 1. The highest BCUT2D eigenvalue weighted by molar-refractivity contribution is 9.10. The Morgan fingerprint density at radius 2 is 1.57 bits per heavy atom. The van der Waals surface area contributed by atoms with Crippen LogP contribution in [0.2, 0.25) is 0 Å². The fourth-order valence-corrected chi connectivity index (χ4v) is 3.44. The topological polar surface area (TPSA) is 52.6 Å². The average Bonchev–Trinajstić information content (AvgIpc) is 2.75. The van der Waals surface area contributed by atoms with Crippen molar-refractivity contribution in [1.82, 2.24) is 0 Å². The number of halogens is 1. The number of ether oxygens (including phenoxy) is 2. The van der Waals surface area contributed by atoms with E-state index in [0.717, 1.165) is 49.4 Å². The summed E-state index contributed by atoms with van der Waals surface area (Å²) in [6.07, 6.45) is 16.5. The van der Waals surface area contributed by atoms with Crippen molar-refractivity contribution < 1.29 is 19.1 Å². The Hall–Kier alpha value is -1.62. The van der Waals surface area contributed by atoms with Gasteiger partial charge in [-0.1, -0.05) is 73.9 Å². The highest BCUT2D eigenvalue weighted by atomic mass is 79.9. The van der Waals surface area contributed by atoms with Crippen molar-refractivity contribution in [2.24, 2.45) is 0 Å². The van der Waals surface area contributed by atoms with Crippen molar-refractivity contribution in [3.63, 3.8) is 0 Å². The Bertz CT molecular complexity index is 625. The summed E-state index contributed by atoms with van der Waals surface area (Å²) in [5, 5.41) is 0. The van der Waals surface area contributed by atoms with Gasteiger partial charge < -0.3 is 9.47 Å². The van der Waals surface area contributed by atoms with Crippen molar-refractivity contribution in [3.05, 3.63) is 46.5 Å². The van der Waals surface area contributed by atoms with Gasteiger partial charge in [-0.25, -0.2) is 4.79 Å². The lowest BCUT2D eigenvalue weighted by molar-refractivity contribution is -0.140. The van der Waals surface area contributed by atoms with E-state index in [0.29, 0.717) is 12.0 Å². The van der Waals surface area contributed by atoms with Crippen LogP contribution in [-0.2, 0) is 14.3 Å². The second kappa shape index (κ2) is 17.1. The first-order valence-corrected chi connectivity index (χ1v) is 12.1. The molecule has 1 atom stereocenters. The molecule has 0 spiro atoms. The zero-order valence-electron chi connectivity index (χ0n) is 18.5. The van der Waals surface area contributed by atoms with Gasteiger partial charge in [-0.05, 0) is 56.0 Å². The van der Waals surface area contributed by atoms with E-state index >= 15 is 0 Å². The van der Waals surface area contributed by atoms with Crippen LogP contribution in [0.15, 0.2) is 40.9 Å². The Labute approximate surface area is 190 Å². The normalized spacial score (nSPS) is 12.1. The van der Waals surface area contributed by atoms with E-state index in [2.05, 4.69) is 33.7 Å². The molecule has 1 aromatic carbocycles. The van der Waals surface area contributed by atoms with E-state index < -0.39 is 0 Å². The number of allylic oxidation sites excluding steroid dienone is 1. The number of methoxy groups -OCH3 is 1. The Morgan fingerprint density at radius 3 is 2.17 bits per heavy atom. The Kier molecular flexibility index (Phi) is 15.1. The van der Waals surface area contributed by atoms with Gasteiger partial charge in [-0.15, -0.1) is 0 Å². The maximum atomic E-state index is 12.4. The van der Waals surface area contributed by atoms with Crippen LogP contribution in [0.4, 0.5) is 0 Å². The zero-order valence-corrected chi connectivity index (χ0v) is 20.1. The summed E-state index contributed by atoms with van der Waals surface area (Å²) in [7, 11) is 1.44. The molecule has 0 unspecified atom stereocenters. The molecule has 0 saturated heterocycles. The number of unbranched alkanes of at least 4 members (excludes halogenated alkanes) is 8. The SMILES string of the molecule is CCC/C=C\[C@@H](CCCCCCCCCCC(=O)OC)OC(=O)c1ccc(Br)cc1. The molecule has 30 heavy (non-hydrogen) atoms. The van der Waals surface area contributed by atoms with Gasteiger partial charge in [0.25, 0.3) is 0 Å². The molecule has 0 aliphatic heterocycles. The van der Waals surface area contributed by atoms with Crippen LogP contribution < -0.4 is 0 Å². The maximum Gasteiger partial charge on any atom is 0.338 e. The molecule has 0 aromatic heterocycles. The summed E-state index contributed by atoms with van der Waals surface area (Å²) < 4.78 is 11.3. The fraction of sp³-hybridized carbons (Fsp3) is 0.600. The second-order valence-corrected chi connectivity index (χ2v) is 8.53. The van der Waals surface area contributed by atoms with Crippen molar-refractivity contribution in [1.29, 1.82) is 0 Å². The van der Waals surface area contributed by atoms with Crippen LogP contribution in [0.3, 0.4) is 0 Å². The second-order valence-electron chi connectivity index (χ2n) is 7.61. The highest BCUT2D eigenvalue weighted by Gasteiger charge is 2.13. The van der Waals surface area contributed by atoms with E-state index in [-0.39, 0.29) is 18.0 Å². The molecule has 0 bridgehead atoms. The van der Waals surface area contributed by atoms with Crippen molar-refractivity contribution in [2.75, 3.05) is 7.11 Å². The third-order valence-corrected chi connectivity index (χ3v) is 5.52. The summed E-state index contributed by atoms with van der Waals surface area (Å²) in [5.74, 6) is -0.376. The van der Waals surface area contributed by atoms with Crippen molar-refractivity contribution >= 4 is 27.9 Å². The zero-order chi connectivity index (χ0) is 22.0. The molecule has 168 valence electrons. The predicted molar refractivity (Wildman–Crippen MR) is 126 cm³/mol. The third-order valence-electron chi connectivity index (χ3n) is 4.99. The molecule has 4 nitrogen and oxygen atoms in total. The molecule has 0 amide bonds. The predicted octanol–water partition coefficient (Wildman–Crippen LogP) is 7.40. The van der Waals surface area contributed by atoms with Gasteiger partial charge in [-0.3, -0.25) is 4.79 Å². The third kappa shape index (κ3) is 12.8. The molecular formula is C25H37BrO4. The quantitative estimate of drug-likeness (QED) is 0.140. The number of hydrogen-bond donors (Lipinski definition) is 0. The summed E-state index contributed by atoms with van der Waals surface area (Å²) >= 11 is 3.39. The first kappa shape index (κ1) is 26.4. The van der Waals surface area contributed by atoms with Crippen molar-refractivity contribution in [2.45, 2.75) is 90.1 Å². The number of hydrogen-bond acceptors (Lipinski definition) is 4. The van der Waals surface area contributed by atoms with Gasteiger partial charge in [0.05, 0.1) is 12.7 Å². The van der Waals surface area contributed by atoms with Crippen LogP contribution in [0, 0.1) is 0 Å². The number of carbonyl (C=O) groups is 2. The molecule has 0 fully saturated rings. The van der Waals surface area contributed by atoms with Crippen LogP contribution in [0.1, 0.15) is 94.3 Å². The summed E-state index contributed by atoms with van der Waals surface area (Å²) in [5.41, 5.74) is 0.583. The van der Waals surface area contributed by atoms with E-state index in [4.69, 9.17) is 4.74 Å². The summed E-state index contributed by atoms with van der Waals surface area (Å²) in [6.45, 7) is 2.14. The highest BCUT2D eigenvalue weighted by Crippen LogP contribution is 2.16. The monoisotopic (exact) mass is 480 g/mol. The summed E-state index contributed by atoms with van der Waals surface area (Å²) in [6, 6.07) is 7.27. The molecular weight excluding hydrogens is 444 g/mol. The lowest BCUT2D eigenvalue weighted by atomic mass is 10.0. The molecule has 0 radical (unpaired) electrons. The largest absolute Gasteiger partial charge is 0.469 e. The minimum Gasteiger partial charge on any atom is -0.469 e. The number of rotatable bonds is 16. The molecule has 0 saturated carbocycles.